The summed E-state index contributed by atoms with van der Waals surface area (Å²) in [5.41, 5.74) is 5.58. The minimum Gasteiger partial charge on any atom is -0.330 e. The Labute approximate surface area is 166 Å². The van der Waals surface area contributed by atoms with E-state index in [9.17, 15) is 0 Å². The molecule has 3 aliphatic rings. The molecule has 6 rings (SSSR count). The van der Waals surface area contributed by atoms with E-state index >= 15 is 0 Å². The molecule has 0 atom stereocenters. The SMILES string of the molecule is C(=CC=C1C[n+]2c1sc1ccccc12)C=CC1=C2Sc3ccccc3N2C1. The molecule has 4 heteroatoms. The van der Waals surface area contributed by atoms with Crippen LogP contribution in [0.2, 0.25) is 0 Å². The number of thiazole rings is 1. The van der Waals surface area contributed by atoms with Crippen LogP contribution in [0.5, 0.6) is 0 Å². The van der Waals surface area contributed by atoms with Crippen molar-refractivity contribution in [1.29, 1.82) is 0 Å². The number of allylic oxidation sites excluding steroid dienone is 5. The zero-order chi connectivity index (χ0) is 17.8. The van der Waals surface area contributed by atoms with Crippen molar-refractivity contribution in [2.45, 2.75) is 11.4 Å². The summed E-state index contributed by atoms with van der Waals surface area (Å²) in [4.78, 5) is 3.78. The lowest BCUT2D eigenvalue weighted by Crippen LogP contribution is -2.45. The van der Waals surface area contributed by atoms with E-state index in [1.165, 1.54) is 42.0 Å². The van der Waals surface area contributed by atoms with Gasteiger partial charge in [0.25, 0.3) is 5.01 Å². The van der Waals surface area contributed by atoms with Gasteiger partial charge in [-0.2, -0.15) is 4.57 Å². The lowest BCUT2D eigenvalue weighted by Gasteiger charge is -2.31. The summed E-state index contributed by atoms with van der Waals surface area (Å²) in [7, 11) is 0. The van der Waals surface area contributed by atoms with E-state index in [0.717, 1.165) is 13.1 Å². The van der Waals surface area contributed by atoms with Crippen LogP contribution in [-0.4, -0.2) is 6.54 Å². The lowest BCUT2D eigenvalue weighted by atomic mass is 10.1. The van der Waals surface area contributed by atoms with Gasteiger partial charge in [-0.1, -0.05) is 71.7 Å². The van der Waals surface area contributed by atoms with Gasteiger partial charge in [0, 0.05) is 16.5 Å². The smallest absolute Gasteiger partial charge is 0.272 e. The van der Waals surface area contributed by atoms with Gasteiger partial charge >= 0.3 is 0 Å². The van der Waals surface area contributed by atoms with Crippen molar-refractivity contribution in [1.82, 2.24) is 0 Å². The summed E-state index contributed by atoms with van der Waals surface area (Å²) in [6, 6.07) is 17.3. The van der Waals surface area contributed by atoms with Gasteiger partial charge in [-0.15, -0.1) is 0 Å². The number of aromatic nitrogens is 1. The second-order valence-corrected chi connectivity index (χ2v) is 8.94. The first-order valence-corrected chi connectivity index (χ1v) is 10.7. The molecule has 0 radical (unpaired) electrons. The maximum Gasteiger partial charge on any atom is 0.272 e. The molecule has 0 aliphatic carbocycles. The number of benzene rings is 2. The molecular formula is C23H17N2S2+. The van der Waals surface area contributed by atoms with Crippen LogP contribution in [0.1, 0.15) is 5.01 Å². The van der Waals surface area contributed by atoms with Gasteiger partial charge in [-0.25, -0.2) is 0 Å². The van der Waals surface area contributed by atoms with Crippen molar-refractivity contribution in [3.8, 4) is 0 Å². The third-order valence-electron chi connectivity index (χ3n) is 5.24. The molecule has 4 heterocycles. The Balaban J connectivity index is 1.16. The molecule has 0 spiro atoms. The van der Waals surface area contributed by atoms with Gasteiger partial charge in [-0.3, -0.25) is 0 Å². The first-order valence-electron chi connectivity index (χ1n) is 9.12. The van der Waals surface area contributed by atoms with E-state index in [-0.39, 0.29) is 0 Å². The van der Waals surface area contributed by atoms with E-state index in [1.807, 2.05) is 23.1 Å². The zero-order valence-corrected chi connectivity index (χ0v) is 16.3. The van der Waals surface area contributed by atoms with E-state index in [0.29, 0.717) is 0 Å². The predicted molar refractivity (Wildman–Crippen MR) is 115 cm³/mol. The van der Waals surface area contributed by atoms with Gasteiger partial charge in [0.2, 0.25) is 5.52 Å². The number of thioether (sulfide) groups is 1. The highest BCUT2D eigenvalue weighted by molar-refractivity contribution is 8.03. The van der Waals surface area contributed by atoms with E-state index in [4.69, 9.17) is 0 Å². The number of nitrogens with zero attached hydrogens (tertiary/aromatic N) is 2. The highest BCUT2D eigenvalue weighted by atomic mass is 32.2. The summed E-state index contributed by atoms with van der Waals surface area (Å²) >= 11 is 3.77. The molecule has 0 fully saturated rings. The standard InChI is InChI=1S/C23H17N2S2/c1(2-8-16-14-24-18-10-4-6-12-20(18)26-22(16)24)3-9-17-15-25-19-11-5-7-13-21(19)27-23(17)25/h1-13H,14-15H2/q+1. The predicted octanol–water partition coefficient (Wildman–Crippen LogP) is 5.54. The molecular weight excluding hydrogens is 368 g/mol. The highest BCUT2D eigenvalue weighted by Gasteiger charge is 2.35. The van der Waals surface area contributed by atoms with Gasteiger partial charge < -0.3 is 4.90 Å². The average molecular weight is 386 g/mol. The average Bonchev–Trinajstić information content (AvgIpc) is 3.13. The normalized spacial score (nSPS) is 19.0. The number of rotatable bonds is 3. The van der Waals surface area contributed by atoms with E-state index in [2.05, 4.69) is 88.4 Å². The maximum atomic E-state index is 2.40. The Kier molecular flexibility index (Phi) is 3.43. The number of para-hydroxylation sites is 2. The molecule has 0 N–H and O–H groups in total. The summed E-state index contributed by atoms with van der Waals surface area (Å²) in [6.45, 7) is 2.04. The molecule has 130 valence electrons. The van der Waals surface area contributed by atoms with Crippen LogP contribution in [0.3, 0.4) is 0 Å². The Morgan fingerprint density at radius 1 is 0.963 bits per heavy atom. The van der Waals surface area contributed by atoms with Crippen LogP contribution < -0.4 is 9.47 Å². The molecule has 0 bridgehead atoms. The first kappa shape index (κ1) is 15.5. The Morgan fingerprint density at radius 2 is 1.85 bits per heavy atom. The third-order valence-corrected chi connectivity index (χ3v) is 7.72. The molecule has 0 amide bonds. The minimum atomic E-state index is 1.02. The molecule has 0 unspecified atom stereocenters. The number of anilines is 1. The largest absolute Gasteiger partial charge is 0.330 e. The quantitative estimate of drug-likeness (QED) is 0.432. The Morgan fingerprint density at radius 3 is 2.85 bits per heavy atom. The molecule has 2 aromatic carbocycles. The summed E-state index contributed by atoms with van der Waals surface area (Å²) < 4.78 is 3.78. The van der Waals surface area contributed by atoms with E-state index < -0.39 is 0 Å². The molecule has 0 saturated heterocycles. The lowest BCUT2D eigenvalue weighted by molar-refractivity contribution is -0.680. The fourth-order valence-corrected chi connectivity index (χ4v) is 6.16. The molecule has 27 heavy (non-hydrogen) atoms. The Hall–Kier alpha value is -2.56. The zero-order valence-electron chi connectivity index (χ0n) is 14.6. The monoisotopic (exact) mass is 385 g/mol. The topological polar surface area (TPSA) is 7.12 Å². The highest BCUT2D eigenvalue weighted by Crippen LogP contribution is 2.51. The van der Waals surface area contributed by atoms with Gasteiger partial charge in [0.05, 0.1) is 22.8 Å². The first-order chi connectivity index (χ1) is 13.4. The van der Waals surface area contributed by atoms with Crippen molar-refractivity contribution < 1.29 is 4.57 Å². The van der Waals surface area contributed by atoms with E-state index in [1.54, 1.807) is 0 Å². The van der Waals surface area contributed by atoms with Crippen molar-refractivity contribution in [2.24, 2.45) is 0 Å². The summed E-state index contributed by atoms with van der Waals surface area (Å²) in [6.07, 6.45) is 11.0. The number of fused-ring (bicyclic) bond motifs is 6. The molecule has 2 nitrogen and oxygen atoms in total. The second kappa shape index (κ2) is 5.98. The van der Waals surface area contributed by atoms with Crippen molar-refractivity contribution in [2.75, 3.05) is 11.4 Å². The number of hydrogen-bond acceptors (Lipinski definition) is 3. The maximum absolute atomic E-state index is 2.40. The van der Waals surface area contributed by atoms with Crippen LogP contribution in [0.4, 0.5) is 5.69 Å². The van der Waals surface area contributed by atoms with Crippen molar-refractivity contribution in [3.63, 3.8) is 0 Å². The van der Waals surface area contributed by atoms with Crippen LogP contribution >= 0.6 is 23.1 Å². The fraction of sp³-hybridized carbons (Fsp3) is 0.0870. The third kappa shape index (κ3) is 2.37. The van der Waals surface area contributed by atoms with Crippen LogP contribution in [-0.2, 0) is 6.54 Å². The minimum absolute atomic E-state index is 1.02. The molecule has 0 saturated carbocycles. The van der Waals surface area contributed by atoms with Crippen LogP contribution in [0, 0.1) is 0 Å². The second-order valence-electron chi connectivity index (χ2n) is 6.88. The summed E-state index contributed by atoms with van der Waals surface area (Å²) in [5.74, 6) is 0. The van der Waals surface area contributed by atoms with Gasteiger partial charge in [-0.05, 0) is 24.3 Å². The number of hydrogen-bond donors (Lipinski definition) is 0. The van der Waals surface area contributed by atoms with Crippen LogP contribution in [0.15, 0.2) is 94.4 Å². The summed E-state index contributed by atoms with van der Waals surface area (Å²) in [5, 5.41) is 2.79. The Bertz CT molecular complexity index is 1210. The van der Waals surface area contributed by atoms with Gasteiger partial charge in [0.1, 0.15) is 4.70 Å². The molecule has 1 aromatic heterocycles. The van der Waals surface area contributed by atoms with Crippen molar-refractivity contribution >= 4 is 44.6 Å². The van der Waals surface area contributed by atoms with Gasteiger partial charge in [0.15, 0.2) is 6.54 Å². The molecule has 3 aliphatic heterocycles. The van der Waals surface area contributed by atoms with Crippen molar-refractivity contribution in [3.05, 3.63) is 94.5 Å². The van der Waals surface area contributed by atoms with Crippen LogP contribution in [0.25, 0.3) is 15.8 Å². The fourth-order valence-electron chi connectivity index (χ4n) is 3.81. The molecule has 3 aromatic rings.